The smallest absolute Gasteiger partial charge is 0.126 e. The van der Waals surface area contributed by atoms with E-state index in [9.17, 15) is 0 Å². The van der Waals surface area contributed by atoms with Gasteiger partial charge in [0.05, 0.1) is 0 Å². The van der Waals surface area contributed by atoms with Crippen molar-refractivity contribution in [1.29, 1.82) is 0 Å². The van der Waals surface area contributed by atoms with E-state index in [1.165, 1.54) is 0 Å². The summed E-state index contributed by atoms with van der Waals surface area (Å²) in [6.45, 7) is 2.26. The molecule has 0 aliphatic carbocycles. The van der Waals surface area contributed by atoms with Crippen molar-refractivity contribution in [3.8, 4) is 0 Å². The average molecular weight is 180 g/mol. The lowest BCUT2D eigenvalue weighted by molar-refractivity contribution is 0.230. The van der Waals surface area contributed by atoms with Gasteiger partial charge in [-0.05, 0) is 30.4 Å². The number of aliphatic hydroxyl groups is 1. The van der Waals surface area contributed by atoms with Crippen LogP contribution in [0.25, 0.3) is 0 Å². The van der Waals surface area contributed by atoms with Crippen molar-refractivity contribution >= 4 is 5.82 Å². The second-order valence-corrected chi connectivity index (χ2v) is 3.37. The predicted molar refractivity (Wildman–Crippen MR) is 53.2 cm³/mol. The van der Waals surface area contributed by atoms with Crippen molar-refractivity contribution in [3.05, 3.63) is 23.9 Å². The zero-order valence-electron chi connectivity index (χ0n) is 7.90. The molecule has 1 unspecified atom stereocenters. The fourth-order valence-electron chi connectivity index (χ4n) is 1.16. The van der Waals surface area contributed by atoms with Crippen LogP contribution in [0.5, 0.6) is 0 Å². The SMILES string of the molecule is CC(CO)CCc1cccnc1N. The zero-order chi connectivity index (χ0) is 9.68. The normalized spacial score (nSPS) is 12.8. The molecule has 1 rings (SSSR count). The van der Waals surface area contributed by atoms with Gasteiger partial charge in [-0.1, -0.05) is 13.0 Å². The van der Waals surface area contributed by atoms with Crippen LogP contribution in [0.2, 0.25) is 0 Å². The molecule has 0 aliphatic rings. The van der Waals surface area contributed by atoms with Gasteiger partial charge in [0.15, 0.2) is 0 Å². The predicted octanol–water partition coefficient (Wildman–Crippen LogP) is 1.22. The molecular weight excluding hydrogens is 164 g/mol. The van der Waals surface area contributed by atoms with E-state index in [1.807, 2.05) is 19.1 Å². The number of nitrogen functional groups attached to an aromatic ring is 1. The fraction of sp³-hybridized carbons (Fsp3) is 0.500. The number of hydrogen-bond acceptors (Lipinski definition) is 3. The molecule has 0 radical (unpaired) electrons. The molecule has 3 heteroatoms. The van der Waals surface area contributed by atoms with E-state index in [0.29, 0.717) is 11.7 Å². The first-order chi connectivity index (χ1) is 6.24. The van der Waals surface area contributed by atoms with Gasteiger partial charge in [-0.25, -0.2) is 4.98 Å². The molecule has 1 aromatic rings. The number of aliphatic hydroxyl groups excluding tert-OH is 1. The standard InChI is InChI=1S/C10H16N2O/c1-8(7-13)4-5-9-3-2-6-12-10(9)11/h2-3,6,8,13H,4-5,7H2,1H3,(H2,11,12). The zero-order valence-corrected chi connectivity index (χ0v) is 7.90. The summed E-state index contributed by atoms with van der Waals surface area (Å²) in [5.74, 6) is 0.937. The summed E-state index contributed by atoms with van der Waals surface area (Å²) < 4.78 is 0. The first-order valence-electron chi connectivity index (χ1n) is 4.54. The van der Waals surface area contributed by atoms with E-state index in [2.05, 4.69) is 4.98 Å². The van der Waals surface area contributed by atoms with E-state index in [-0.39, 0.29) is 6.61 Å². The minimum absolute atomic E-state index is 0.236. The van der Waals surface area contributed by atoms with Gasteiger partial charge < -0.3 is 10.8 Å². The van der Waals surface area contributed by atoms with E-state index in [1.54, 1.807) is 6.20 Å². The van der Waals surface area contributed by atoms with Gasteiger partial charge >= 0.3 is 0 Å². The maximum Gasteiger partial charge on any atom is 0.126 e. The third-order valence-corrected chi connectivity index (χ3v) is 2.14. The summed E-state index contributed by atoms with van der Waals surface area (Å²) in [6, 6.07) is 3.86. The van der Waals surface area contributed by atoms with E-state index < -0.39 is 0 Å². The van der Waals surface area contributed by atoms with Crippen molar-refractivity contribution in [3.63, 3.8) is 0 Å². The fourth-order valence-corrected chi connectivity index (χ4v) is 1.16. The molecule has 3 nitrogen and oxygen atoms in total. The van der Waals surface area contributed by atoms with Gasteiger partial charge in [-0.15, -0.1) is 0 Å². The molecule has 3 N–H and O–H groups in total. The quantitative estimate of drug-likeness (QED) is 0.732. The summed E-state index contributed by atoms with van der Waals surface area (Å²) in [6.07, 6.45) is 3.53. The largest absolute Gasteiger partial charge is 0.396 e. The van der Waals surface area contributed by atoms with Gasteiger partial charge in [0, 0.05) is 12.8 Å². The number of anilines is 1. The molecule has 0 saturated heterocycles. The summed E-state index contributed by atoms with van der Waals surface area (Å²) in [4.78, 5) is 4.00. The Morgan fingerprint density at radius 3 is 3.00 bits per heavy atom. The van der Waals surface area contributed by atoms with Crippen molar-refractivity contribution in [2.45, 2.75) is 19.8 Å². The van der Waals surface area contributed by atoms with Crippen molar-refractivity contribution in [2.24, 2.45) is 5.92 Å². The molecule has 72 valence electrons. The van der Waals surface area contributed by atoms with Gasteiger partial charge in [0.2, 0.25) is 0 Å². The second-order valence-electron chi connectivity index (χ2n) is 3.37. The Hall–Kier alpha value is -1.09. The first-order valence-corrected chi connectivity index (χ1v) is 4.54. The van der Waals surface area contributed by atoms with Crippen LogP contribution in [0.4, 0.5) is 5.82 Å². The number of aryl methyl sites for hydroxylation is 1. The number of hydrogen-bond donors (Lipinski definition) is 2. The van der Waals surface area contributed by atoms with Crippen LogP contribution in [-0.4, -0.2) is 16.7 Å². The molecule has 0 bridgehead atoms. The number of pyridine rings is 1. The van der Waals surface area contributed by atoms with Gasteiger partial charge in [0.1, 0.15) is 5.82 Å². The summed E-state index contributed by atoms with van der Waals surface area (Å²) in [5, 5.41) is 8.84. The Morgan fingerprint density at radius 2 is 2.38 bits per heavy atom. The monoisotopic (exact) mass is 180 g/mol. The Bertz CT molecular complexity index is 263. The van der Waals surface area contributed by atoms with E-state index >= 15 is 0 Å². The minimum Gasteiger partial charge on any atom is -0.396 e. The lowest BCUT2D eigenvalue weighted by Crippen LogP contribution is -2.04. The Morgan fingerprint density at radius 1 is 1.62 bits per heavy atom. The number of nitrogens with zero attached hydrogens (tertiary/aromatic N) is 1. The van der Waals surface area contributed by atoms with Crippen molar-refractivity contribution in [1.82, 2.24) is 4.98 Å². The summed E-state index contributed by atoms with van der Waals surface area (Å²) in [7, 11) is 0. The molecule has 0 aliphatic heterocycles. The lowest BCUT2D eigenvalue weighted by atomic mass is 10.0. The van der Waals surface area contributed by atoms with Gasteiger partial charge in [-0.2, -0.15) is 0 Å². The summed E-state index contributed by atoms with van der Waals surface area (Å²) in [5.41, 5.74) is 6.75. The van der Waals surface area contributed by atoms with Gasteiger partial charge in [-0.3, -0.25) is 0 Å². The van der Waals surface area contributed by atoms with Crippen LogP contribution < -0.4 is 5.73 Å². The summed E-state index contributed by atoms with van der Waals surface area (Å²) >= 11 is 0. The Kier molecular flexibility index (Phi) is 3.71. The molecule has 0 spiro atoms. The highest BCUT2D eigenvalue weighted by molar-refractivity contribution is 5.38. The Balaban J connectivity index is 2.50. The van der Waals surface area contributed by atoms with Crippen LogP contribution in [0.15, 0.2) is 18.3 Å². The van der Waals surface area contributed by atoms with Gasteiger partial charge in [0.25, 0.3) is 0 Å². The van der Waals surface area contributed by atoms with Crippen LogP contribution >= 0.6 is 0 Å². The third-order valence-electron chi connectivity index (χ3n) is 2.14. The molecule has 0 amide bonds. The highest BCUT2D eigenvalue weighted by Crippen LogP contribution is 2.12. The van der Waals surface area contributed by atoms with Crippen LogP contribution in [0.3, 0.4) is 0 Å². The molecule has 0 aromatic carbocycles. The van der Waals surface area contributed by atoms with Crippen molar-refractivity contribution < 1.29 is 5.11 Å². The molecular formula is C10H16N2O. The molecule has 1 aromatic heterocycles. The topological polar surface area (TPSA) is 59.1 Å². The maximum absolute atomic E-state index is 8.84. The van der Waals surface area contributed by atoms with Crippen LogP contribution in [0.1, 0.15) is 18.9 Å². The van der Waals surface area contributed by atoms with Crippen LogP contribution in [-0.2, 0) is 6.42 Å². The highest BCUT2D eigenvalue weighted by atomic mass is 16.3. The molecule has 13 heavy (non-hydrogen) atoms. The Labute approximate surface area is 78.6 Å². The molecule has 0 saturated carbocycles. The third kappa shape index (κ3) is 3.03. The molecule has 0 fully saturated rings. The minimum atomic E-state index is 0.236. The highest BCUT2D eigenvalue weighted by Gasteiger charge is 2.03. The maximum atomic E-state index is 8.84. The van der Waals surface area contributed by atoms with E-state index in [4.69, 9.17) is 10.8 Å². The average Bonchev–Trinajstić information content (AvgIpc) is 2.16. The van der Waals surface area contributed by atoms with Crippen molar-refractivity contribution in [2.75, 3.05) is 12.3 Å². The van der Waals surface area contributed by atoms with Crippen LogP contribution in [0, 0.1) is 5.92 Å². The number of aromatic nitrogens is 1. The molecule has 1 atom stereocenters. The van der Waals surface area contributed by atoms with E-state index in [0.717, 1.165) is 18.4 Å². The number of rotatable bonds is 4. The lowest BCUT2D eigenvalue weighted by Gasteiger charge is -2.08. The first kappa shape index (κ1) is 9.99. The second kappa shape index (κ2) is 4.82. The number of nitrogens with two attached hydrogens (primary N) is 1. The molecule has 1 heterocycles.